The first-order chi connectivity index (χ1) is 21.2. The van der Waals surface area contributed by atoms with E-state index in [1.807, 2.05) is 32.9 Å². The zero-order chi connectivity index (χ0) is 31.3. The summed E-state index contributed by atoms with van der Waals surface area (Å²) in [6, 6.07) is 15.6. The molecule has 11 nitrogen and oxygen atoms in total. The number of benzene rings is 2. The number of aromatic nitrogens is 4. The highest BCUT2D eigenvalue weighted by Crippen LogP contribution is 2.35. The molecule has 1 fully saturated rings. The largest absolute Gasteiger partial charge is 0.493 e. The number of amides is 2. The molecule has 11 heteroatoms. The van der Waals surface area contributed by atoms with E-state index in [9.17, 15) is 9.59 Å². The summed E-state index contributed by atoms with van der Waals surface area (Å²) >= 11 is 0. The third kappa shape index (κ3) is 7.10. The van der Waals surface area contributed by atoms with Crippen LogP contribution in [0.2, 0.25) is 0 Å². The number of ether oxygens (including phenoxy) is 2. The van der Waals surface area contributed by atoms with E-state index in [2.05, 4.69) is 32.9 Å². The summed E-state index contributed by atoms with van der Waals surface area (Å²) in [7, 11) is 3.11. The molecule has 1 aliphatic carbocycles. The maximum atomic E-state index is 14.2. The Morgan fingerprint density at radius 3 is 2.39 bits per heavy atom. The van der Waals surface area contributed by atoms with Gasteiger partial charge < -0.3 is 19.2 Å². The average Bonchev–Trinajstić information content (AvgIpc) is 3.72. The molecule has 4 aromatic rings. The number of nitrogens with one attached hydrogen (secondary N) is 1. The molecule has 1 N–H and O–H groups in total. The van der Waals surface area contributed by atoms with E-state index < -0.39 is 17.5 Å². The summed E-state index contributed by atoms with van der Waals surface area (Å²) < 4.78 is 16.4. The Hall–Kier alpha value is -4.67. The second-order valence-electron chi connectivity index (χ2n) is 12.1. The van der Waals surface area contributed by atoms with E-state index >= 15 is 0 Å². The van der Waals surface area contributed by atoms with E-state index in [0.29, 0.717) is 40.3 Å². The predicted octanol–water partition coefficient (Wildman–Crippen LogP) is 5.69. The molecular weight excluding hydrogens is 560 g/mol. The Kier molecular flexibility index (Phi) is 9.32. The molecule has 0 saturated heterocycles. The Morgan fingerprint density at radius 2 is 1.75 bits per heavy atom. The molecule has 2 aromatic heterocycles. The minimum atomic E-state index is -1.06. The number of nitrogens with zero attached hydrogens (tertiary/aromatic N) is 5. The topological polar surface area (TPSA) is 125 Å². The van der Waals surface area contributed by atoms with Crippen molar-refractivity contribution in [3.8, 4) is 22.9 Å². The molecule has 1 unspecified atom stereocenters. The van der Waals surface area contributed by atoms with E-state index in [4.69, 9.17) is 13.9 Å². The lowest BCUT2D eigenvalue weighted by Gasteiger charge is -2.32. The summed E-state index contributed by atoms with van der Waals surface area (Å²) in [5, 5.41) is 15.8. The van der Waals surface area contributed by atoms with Gasteiger partial charge in [0.25, 0.3) is 11.8 Å². The van der Waals surface area contributed by atoms with Gasteiger partial charge in [-0.25, -0.2) is 0 Å². The fourth-order valence-corrected chi connectivity index (χ4v) is 5.64. The normalized spacial score (nSPS) is 14.6. The summed E-state index contributed by atoms with van der Waals surface area (Å²) in [6.45, 7) is 5.42. The van der Waals surface area contributed by atoms with Crippen LogP contribution in [0.4, 0.5) is 5.69 Å². The Morgan fingerprint density at radius 1 is 1.02 bits per heavy atom. The fraction of sp³-hybridized carbons (Fsp3) is 0.424. The highest BCUT2D eigenvalue weighted by atomic mass is 16.5. The Bertz CT molecular complexity index is 1550. The number of hydrogen-bond acceptors (Lipinski definition) is 8. The highest BCUT2D eigenvalue weighted by molar-refractivity contribution is 6.01. The lowest BCUT2D eigenvalue weighted by Crippen LogP contribution is -2.50. The zero-order valence-electron chi connectivity index (χ0n) is 25.9. The van der Waals surface area contributed by atoms with Gasteiger partial charge in [0.1, 0.15) is 12.3 Å². The fourth-order valence-electron chi connectivity index (χ4n) is 5.64. The molecule has 0 aliphatic heterocycles. The number of methoxy groups -OCH3 is 2. The van der Waals surface area contributed by atoms with Crippen LogP contribution < -0.4 is 19.7 Å². The summed E-state index contributed by atoms with van der Waals surface area (Å²) in [6.07, 6.45) is 7.53. The standard InChI is InChI=1S/C33H40N6O5/c1-33(2,3)34-32(41)30(27-12-9-19-44-27)39(25-16-13-23(14-17-25)22-10-7-6-8-11-22)29(40)21-38-36-31(35-37-38)24-15-18-26(42-4)28(20-24)43-5/h9,12-20,22,30H,6-8,10-11,21H2,1-5H3,(H,34,41). The van der Waals surface area contributed by atoms with Gasteiger partial charge in [0.15, 0.2) is 17.5 Å². The van der Waals surface area contributed by atoms with Gasteiger partial charge in [-0.05, 0) is 92.8 Å². The molecule has 5 rings (SSSR count). The number of anilines is 1. The van der Waals surface area contributed by atoms with E-state index in [1.54, 1.807) is 44.6 Å². The minimum Gasteiger partial charge on any atom is -0.493 e. The van der Waals surface area contributed by atoms with E-state index in [1.165, 1.54) is 40.8 Å². The van der Waals surface area contributed by atoms with Crippen molar-refractivity contribution in [3.63, 3.8) is 0 Å². The van der Waals surface area contributed by atoms with Gasteiger partial charge in [-0.2, -0.15) is 4.80 Å². The van der Waals surface area contributed by atoms with Crippen molar-refractivity contribution < 1.29 is 23.5 Å². The minimum absolute atomic E-state index is 0.259. The number of carbonyl (C=O) groups is 2. The summed E-state index contributed by atoms with van der Waals surface area (Å²) in [5.74, 6) is 1.48. The van der Waals surface area contributed by atoms with Crippen molar-refractivity contribution in [1.82, 2.24) is 25.5 Å². The first kappa shape index (κ1) is 30.8. The van der Waals surface area contributed by atoms with Gasteiger partial charge in [-0.15, -0.1) is 10.2 Å². The monoisotopic (exact) mass is 600 g/mol. The number of carbonyl (C=O) groups excluding carboxylic acids is 2. The number of hydrogen-bond donors (Lipinski definition) is 1. The molecule has 1 atom stereocenters. The molecular formula is C33H40N6O5. The van der Waals surface area contributed by atoms with Crippen molar-refractivity contribution in [3.05, 3.63) is 72.2 Å². The second kappa shape index (κ2) is 13.3. The van der Waals surface area contributed by atoms with Crippen LogP contribution in [-0.4, -0.2) is 51.8 Å². The molecule has 44 heavy (non-hydrogen) atoms. The smallest absolute Gasteiger partial charge is 0.251 e. The van der Waals surface area contributed by atoms with E-state index in [-0.39, 0.29) is 12.5 Å². The maximum absolute atomic E-state index is 14.2. The molecule has 2 heterocycles. The molecule has 0 radical (unpaired) electrons. The van der Waals surface area contributed by atoms with Gasteiger partial charge in [0.05, 0.1) is 20.5 Å². The van der Waals surface area contributed by atoms with Gasteiger partial charge in [0, 0.05) is 16.8 Å². The SMILES string of the molecule is COc1ccc(-c2nnn(CC(=O)N(c3ccc(C4CCCCC4)cc3)C(C(=O)NC(C)(C)C)c3ccco3)n2)cc1OC. The first-order valence-electron chi connectivity index (χ1n) is 14.9. The van der Waals surface area contributed by atoms with Crippen LogP contribution in [0.1, 0.15) is 76.2 Å². The van der Waals surface area contributed by atoms with Crippen LogP contribution in [0.25, 0.3) is 11.4 Å². The van der Waals surface area contributed by atoms with Crippen molar-refractivity contribution in [1.29, 1.82) is 0 Å². The van der Waals surface area contributed by atoms with Crippen LogP contribution in [0, 0.1) is 0 Å². The third-order valence-corrected chi connectivity index (χ3v) is 7.71. The van der Waals surface area contributed by atoms with Crippen LogP contribution in [-0.2, 0) is 16.1 Å². The molecule has 2 amide bonds. The van der Waals surface area contributed by atoms with Crippen LogP contribution >= 0.6 is 0 Å². The van der Waals surface area contributed by atoms with Gasteiger partial charge in [-0.3, -0.25) is 14.5 Å². The molecule has 232 valence electrons. The second-order valence-corrected chi connectivity index (χ2v) is 12.1. The number of rotatable bonds is 10. The quantitative estimate of drug-likeness (QED) is 0.246. The molecule has 1 saturated carbocycles. The summed E-state index contributed by atoms with van der Waals surface area (Å²) in [4.78, 5) is 30.7. The predicted molar refractivity (Wildman–Crippen MR) is 165 cm³/mol. The lowest BCUT2D eigenvalue weighted by atomic mass is 9.84. The van der Waals surface area contributed by atoms with Gasteiger partial charge in [0.2, 0.25) is 5.82 Å². The third-order valence-electron chi connectivity index (χ3n) is 7.71. The Labute approximate surface area is 257 Å². The van der Waals surface area contributed by atoms with Crippen LogP contribution in [0.5, 0.6) is 11.5 Å². The van der Waals surface area contributed by atoms with Crippen molar-refractivity contribution in [2.24, 2.45) is 0 Å². The molecule has 0 spiro atoms. The molecule has 1 aliphatic rings. The van der Waals surface area contributed by atoms with E-state index in [0.717, 1.165) is 12.8 Å². The lowest BCUT2D eigenvalue weighted by molar-refractivity contribution is -0.128. The van der Waals surface area contributed by atoms with Crippen molar-refractivity contribution >= 4 is 17.5 Å². The maximum Gasteiger partial charge on any atom is 0.251 e. The van der Waals surface area contributed by atoms with Gasteiger partial charge in [-0.1, -0.05) is 31.4 Å². The van der Waals surface area contributed by atoms with Crippen molar-refractivity contribution in [2.75, 3.05) is 19.1 Å². The first-order valence-corrected chi connectivity index (χ1v) is 14.9. The summed E-state index contributed by atoms with van der Waals surface area (Å²) in [5.41, 5.74) is 1.92. The average molecular weight is 601 g/mol. The zero-order valence-corrected chi connectivity index (χ0v) is 25.9. The number of tetrazole rings is 1. The highest BCUT2D eigenvalue weighted by Gasteiger charge is 2.37. The number of furan rings is 1. The molecule has 0 bridgehead atoms. The van der Waals surface area contributed by atoms with Gasteiger partial charge >= 0.3 is 0 Å². The van der Waals surface area contributed by atoms with Crippen molar-refractivity contribution in [2.45, 2.75) is 76.9 Å². The Balaban J connectivity index is 1.48. The molecule has 2 aromatic carbocycles. The van der Waals surface area contributed by atoms with Crippen LogP contribution in [0.3, 0.4) is 0 Å². The van der Waals surface area contributed by atoms with Crippen LogP contribution in [0.15, 0.2) is 65.3 Å².